The molecular weight excluding hydrogens is 404 g/mol. The summed E-state index contributed by atoms with van der Waals surface area (Å²) in [6, 6.07) is 29.2. The molecule has 1 aliphatic rings. The second-order valence-electron chi connectivity index (χ2n) is 8.95. The highest BCUT2D eigenvalue weighted by atomic mass is 16.3. The molecule has 1 N–H and O–H groups in total. The first kappa shape index (κ1) is 21.3. The van der Waals surface area contributed by atoms with Gasteiger partial charge in [0.1, 0.15) is 5.69 Å². The lowest BCUT2D eigenvalue weighted by molar-refractivity contribution is 0.353. The molecule has 5 rings (SSSR count). The summed E-state index contributed by atoms with van der Waals surface area (Å²) in [5.74, 6) is 0.307. The summed E-state index contributed by atoms with van der Waals surface area (Å²) in [6.07, 6.45) is 7.80. The van der Waals surface area contributed by atoms with Crippen LogP contribution >= 0.6 is 0 Å². The minimum Gasteiger partial charge on any atom is -0.505 e. The monoisotopic (exact) mass is 434 g/mol. The minimum absolute atomic E-state index is 0.307. The van der Waals surface area contributed by atoms with Gasteiger partial charge in [-0.3, -0.25) is 4.99 Å². The maximum absolute atomic E-state index is 11.6. The van der Waals surface area contributed by atoms with Crippen LogP contribution in [0.3, 0.4) is 0 Å². The van der Waals surface area contributed by atoms with E-state index in [0.717, 1.165) is 46.6 Å². The van der Waals surface area contributed by atoms with Crippen molar-refractivity contribution in [3.05, 3.63) is 96.2 Å². The fourth-order valence-corrected chi connectivity index (χ4v) is 4.96. The van der Waals surface area contributed by atoms with Crippen LogP contribution in [0.4, 0.5) is 5.69 Å². The summed E-state index contributed by atoms with van der Waals surface area (Å²) in [5, 5.41) is 11.6. The maximum atomic E-state index is 11.6. The highest BCUT2D eigenvalue weighted by molar-refractivity contribution is 5.96. The quantitative estimate of drug-likeness (QED) is 0.317. The molecule has 1 aliphatic carbocycles. The lowest BCUT2D eigenvalue weighted by Gasteiger charge is -2.27. The molecule has 3 aromatic carbocycles. The lowest BCUT2D eigenvalue weighted by Crippen LogP contribution is -2.16. The van der Waals surface area contributed by atoms with Crippen molar-refractivity contribution in [3.8, 4) is 28.1 Å². The van der Waals surface area contributed by atoms with Gasteiger partial charge in [-0.2, -0.15) is 0 Å². The number of aromatic nitrogens is 1. The van der Waals surface area contributed by atoms with Gasteiger partial charge < -0.3 is 9.67 Å². The van der Waals surface area contributed by atoms with Gasteiger partial charge in [-0.15, -0.1) is 0 Å². The lowest BCUT2D eigenvalue weighted by atomic mass is 9.94. The van der Waals surface area contributed by atoms with E-state index < -0.39 is 0 Å². The third-order valence-electron chi connectivity index (χ3n) is 6.64. The molecule has 0 bridgehead atoms. The molecule has 1 fully saturated rings. The van der Waals surface area contributed by atoms with Gasteiger partial charge in [0.2, 0.25) is 0 Å². The van der Waals surface area contributed by atoms with Gasteiger partial charge in [-0.25, -0.2) is 0 Å². The molecule has 33 heavy (non-hydrogen) atoms. The largest absolute Gasteiger partial charge is 0.505 e. The Kier molecular flexibility index (Phi) is 6.12. The first-order valence-corrected chi connectivity index (χ1v) is 11.9. The fourth-order valence-electron chi connectivity index (χ4n) is 4.96. The van der Waals surface area contributed by atoms with Crippen molar-refractivity contribution in [1.29, 1.82) is 0 Å². The van der Waals surface area contributed by atoms with Gasteiger partial charge in [0.25, 0.3) is 0 Å². The Morgan fingerprint density at radius 3 is 2.03 bits per heavy atom. The number of hydrogen-bond acceptors (Lipinski definition) is 2. The van der Waals surface area contributed by atoms with Crippen LogP contribution < -0.4 is 0 Å². The average Bonchev–Trinajstić information content (AvgIpc) is 3.17. The van der Waals surface area contributed by atoms with Gasteiger partial charge in [-0.05, 0) is 43.0 Å². The van der Waals surface area contributed by atoms with Crippen LogP contribution in [0.25, 0.3) is 22.4 Å². The molecule has 166 valence electrons. The molecule has 4 aromatic rings. The van der Waals surface area contributed by atoms with E-state index in [0.29, 0.717) is 11.8 Å². The molecule has 0 spiro atoms. The maximum Gasteiger partial charge on any atom is 0.150 e. The first-order valence-electron chi connectivity index (χ1n) is 11.9. The van der Waals surface area contributed by atoms with Gasteiger partial charge in [0.05, 0.1) is 23.2 Å². The predicted octanol–water partition coefficient (Wildman–Crippen LogP) is 8.09. The number of aryl methyl sites for hydroxylation is 1. The van der Waals surface area contributed by atoms with Crippen molar-refractivity contribution in [2.45, 2.75) is 45.1 Å². The smallest absolute Gasteiger partial charge is 0.150 e. The highest BCUT2D eigenvalue weighted by Gasteiger charge is 2.28. The van der Waals surface area contributed by atoms with E-state index >= 15 is 0 Å². The van der Waals surface area contributed by atoms with E-state index in [1.807, 2.05) is 42.6 Å². The van der Waals surface area contributed by atoms with E-state index in [1.54, 1.807) is 0 Å². The number of rotatable bonds is 5. The molecule has 3 heteroatoms. The summed E-state index contributed by atoms with van der Waals surface area (Å²) in [5.41, 5.74) is 6.99. The average molecular weight is 435 g/mol. The Balaban J connectivity index is 1.75. The van der Waals surface area contributed by atoms with Crippen LogP contribution in [0.15, 0.2) is 89.9 Å². The topological polar surface area (TPSA) is 37.5 Å². The number of nitrogens with zero attached hydrogens (tertiary/aromatic N) is 2. The third-order valence-corrected chi connectivity index (χ3v) is 6.64. The van der Waals surface area contributed by atoms with Crippen molar-refractivity contribution in [1.82, 2.24) is 4.57 Å². The van der Waals surface area contributed by atoms with Gasteiger partial charge in [0, 0.05) is 6.04 Å². The van der Waals surface area contributed by atoms with Crippen LogP contribution in [0.5, 0.6) is 5.75 Å². The molecule has 0 amide bonds. The summed E-state index contributed by atoms with van der Waals surface area (Å²) in [7, 11) is 0. The predicted molar refractivity (Wildman–Crippen MR) is 138 cm³/mol. The molecule has 0 saturated heterocycles. The van der Waals surface area contributed by atoms with E-state index in [9.17, 15) is 5.11 Å². The Morgan fingerprint density at radius 2 is 1.39 bits per heavy atom. The molecule has 0 unspecified atom stereocenters. The zero-order chi connectivity index (χ0) is 22.6. The summed E-state index contributed by atoms with van der Waals surface area (Å²) in [6.45, 7) is 2.08. The van der Waals surface area contributed by atoms with Crippen LogP contribution in [-0.4, -0.2) is 15.9 Å². The highest BCUT2D eigenvalue weighted by Crippen LogP contribution is 2.46. The number of aromatic hydroxyl groups is 1. The van der Waals surface area contributed by atoms with Crippen LogP contribution in [0.2, 0.25) is 0 Å². The SMILES string of the molecule is Cc1ccc(N=Cc2c(O)c(-c3ccccc3)c(-c3ccccc3)n2C2CCCCC2)cc1. The number of benzene rings is 3. The number of aliphatic imine (C=N–C) groups is 1. The van der Waals surface area contributed by atoms with Crippen LogP contribution in [0, 0.1) is 6.92 Å². The Bertz CT molecular complexity index is 1230. The zero-order valence-corrected chi connectivity index (χ0v) is 19.1. The van der Waals surface area contributed by atoms with Gasteiger partial charge >= 0.3 is 0 Å². The summed E-state index contributed by atoms with van der Waals surface area (Å²) >= 11 is 0. The van der Waals surface area contributed by atoms with Crippen molar-refractivity contribution in [2.24, 2.45) is 4.99 Å². The minimum atomic E-state index is 0.307. The normalized spacial score (nSPS) is 14.7. The molecule has 0 radical (unpaired) electrons. The molecular formula is C30H30N2O. The van der Waals surface area contributed by atoms with Crippen molar-refractivity contribution in [3.63, 3.8) is 0 Å². The van der Waals surface area contributed by atoms with Gasteiger partial charge in [-0.1, -0.05) is 97.6 Å². The van der Waals surface area contributed by atoms with Crippen molar-refractivity contribution >= 4 is 11.9 Å². The van der Waals surface area contributed by atoms with E-state index in [1.165, 1.54) is 24.8 Å². The molecule has 1 saturated carbocycles. The van der Waals surface area contributed by atoms with Crippen LogP contribution in [0.1, 0.15) is 49.4 Å². The van der Waals surface area contributed by atoms with Gasteiger partial charge in [0.15, 0.2) is 5.75 Å². The second kappa shape index (κ2) is 9.50. The van der Waals surface area contributed by atoms with E-state index in [2.05, 4.69) is 60.0 Å². The first-order chi connectivity index (χ1) is 16.2. The zero-order valence-electron chi connectivity index (χ0n) is 19.1. The third kappa shape index (κ3) is 4.36. The molecule has 3 nitrogen and oxygen atoms in total. The van der Waals surface area contributed by atoms with Crippen LogP contribution in [-0.2, 0) is 0 Å². The fraction of sp³-hybridized carbons (Fsp3) is 0.233. The summed E-state index contributed by atoms with van der Waals surface area (Å²) < 4.78 is 2.36. The Hall–Kier alpha value is -3.59. The molecule has 0 atom stereocenters. The Labute approximate surface area is 196 Å². The molecule has 0 aliphatic heterocycles. The standard InChI is InChI=1S/C30H30N2O/c1-22-17-19-25(20-18-22)31-21-27-30(33)28(23-11-5-2-6-12-23)29(24-13-7-3-8-14-24)32(27)26-15-9-4-10-16-26/h2-3,5-8,11-14,17-21,26,33H,4,9-10,15-16H2,1H3. The molecule has 1 heterocycles. The van der Waals surface area contributed by atoms with Crippen molar-refractivity contribution in [2.75, 3.05) is 0 Å². The van der Waals surface area contributed by atoms with E-state index in [4.69, 9.17) is 4.99 Å². The number of hydrogen-bond donors (Lipinski definition) is 1. The molecule has 1 aromatic heterocycles. The van der Waals surface area contributed by atoms with E-state index in [-0.39, 0.29) is 0 Å². The Morgan fingerprint density at radius 1 is 0.788 bits per heavy atom. The van der Waals surface area contributed by atoms with Crippen molar-refractivity contribution < 1.29 is 5.11 Å². The summed E-state index contributed by atoms with van der Waals surface area (Å²) in [4.78, 5) is 4.77. The second-order valence-corrected chi connectivity index (χ2v) is 8.95.